The average molecular weight is 386 g/mol. The molecule has 2 aromatic carbocycles. The number of anilines is 1. The fraction of sp³-hybridized carbons (Fsp3) is 0.167. The molecule has 0 unspecified atom stereocenters. The summed E-state index contributed by atoms with van der Waals surface area (Å²) in [5.41, 5.74) is -2.65. The first-order chi connectivity index (χ1) is 12.6. The van der Waals surface area contributed by atoms with Gasteiger partial charge in [-0.05, 0) is 24.3 Å². The number of urea groups is 1. The van der Waals surface area contributed by atoms with E-state index in [1.807, 2.05) is 5.32 Å². The summed E-state index contributed by atoms with van der Waals surface area (Å²) in [4.78, 5) is 11.7. The van der Waals surface area contributed by atoms with Gasteiger partial charge in [-0.25, -0.2) is 4.79 Å². The minimum atomic E-state index is -4.65. The van der Waals surface area contributed by atoms with Crippen molar-refractivity contribution in [1.29, 1.82) is 0 Å². The summed E-state index contributed by atoms with van der Waals surface area (Å²) in [6.45, 7) is -0.355. The van der Waals surface area contributed by atoms with Crippen molar-refractivity contribution in [1.82, 2.24) is 5.32 Å². The van der Waals surface area contributed by atoms with E-state index in [2.05, 4.69) is 17.2 Å². The van der Waals surface area contributed by atoms with Crippen molar-refractivity contribution in [2.24, 2.45) is 0 Å². The van der Waals surface area contributed by atoms with Crippen LogP contribution in [0.5, 0.6) is 0 Å². The second-order valence-electron chi connectivity index (χ2n) is 5.20. The lowest BCUT2D eigenvalue weighted by Gasteiger charge is -2.13. The average Bonchev–Trinajstić information content (AvgIpc) is 2.58. The lowest BCUT2D eigenvalue weighted by atomic mass is 10.1. The summed E-state index contributed by atoms with van der Waals surface area (Å²) in [5.74, 6) is 4.61. The van der Waals surface area contributed by atoms with Crippen LogP contribution in [0.2, 0.25) is 0 Å². The van der Waals surface area contributed by atoms with E-state index in [9.17, 15) is 31.1 Å². The number of hydrogen-bond donors (Lipinski definition) is 2. The fourth-order valence-electron chi connectivity index (χ4n) is 2.11. The van der Waals surface area contributed by atoms with Crippen molar-refractivity contribution in [3.05, 3.63) is 65.2 Å². The minimum Gasteiger partial charge on any atom is -0.327 e. The highest BCUT2D eigenvalue weighted by molar-refractivity contribution is 5.90. The van der Waals surface area contributed by atoms with Gasteiger partial charge >= 0.3 is 18.4 Å². The number of alkyl halides is 6. The normalized spacial score (nSPS) is 11.3. The molecule has 0 saturated heterocycles. The first kappa shape index (κ1) is 20.2. The summed E-state index contributed by atoms with van der Waals surface area (Å²) in [6.07, 6.45) is -9.22. The molecule has 0 fully saturated rings. The molecule has 0 aliphatic carbocycles. The zero-order chi connectivity index (χ0) is 20.1. The van der Waals surface area contributed by atoms with Gasteiger partial charge in [-0.1, -0.05) is 36.1 Å². The maximum atomic E-state index is 12.8. The first-order valence-electron chi connectivity index (χ1n) is 7.45. The summed E-state index contributed by atoms with van der Waals surface area (Å²) in [6, 6.07) is 8.06. The van der Waals surface area contributed by atoms with Crippen LogP contribution in [-0.2, 0) is 12.4 Å². The molecule has 0 spiro atoms. The van der Waals surface area contributed by atoms with Crippen molar-refractivity contribution < 1.29 is 31.1 Å². The molecule has 0 radical (unpaired) electrons. The topological polar surface area (TPSA) is 41.1 Å². The number of nitrogens with one attached hydrogen (secondary N) is 2. The molecule has 2 rings (SSSR count). The van der Waals surface area contributed by atoms with E-state index in [0.717, 1.165) is 18.2 Å². The van der Waals surface area contributed by atoms with Gasteiger partial charge in [0.15, 0.2) is 0 Å². The van der Waals surface area contributed by atoms with Crippen molar-refractivity contribution in [2.75, 3.05) is 11.9 Å². The molecule has 27 heavy (non-hydrogen) atoms. The highest BCUT2D eigenvalue weighted by Crippen LogP contribution is 2.34. The summed E-state index contributed by atoms with van der Waals surface area (Å²) in [7, 11) is 0. The van der Waals surface area contributed by atoms with E-state index in [0.29, 0.717) is 0 Å². The number of rotatable bonds is 2. The third-order valence-electron chi connectivity index (χ3n) is 3.27. The molecule has 3 nitrogen and oxygen atoms in total. The number of hydrogen-bond acceptors (Lipinski definition) is 1. The molecule has 2 N–H and O–H groups in total. The van der Waals surface area contributed by atoms with Crippen LogP contribution in [0.3, 0.4) is 0 Å². The zero-order valence-electron chi connectivity index (χ0n) is 13.5. The largest absolute Gasteiger partial charge is 0.418 e. The third-order valence-corrected chi connectivity index (χ3v) is 3.27. The Bertz CT molecular complexity index is 878. The lowest BCUT2D eigenvalue weighted by molar-refractivity contribution is -0.138. The van der Waals surface area contributed by atoms with Crippen LogP contribution in [0.4, 0.5) is 36.8 Å². The van der Waals surface area contributed by atoms with E-state index in [-0.39, 0.29) is 12.1 Å². The number of carbonyl (C=O) groups excluding carboxylic acids is 1. The quantitative estimate of drug-likeness (QED) is 0.560. The maximum absolute atomic E-state index is 12.8. The third kappa shape index (κ3) is 5.67. The highest BCUT2D eigenvalue weighted by atomic mass is 19.4. The Morgan fingerprint density at radius 2 is 1.41 bits per heavy atom. The molecular formula is C18H12F6N2O. The molecular weight excluding hydrogens is 374 g/mol. The van der Waals surface area contributed by atoms with Gasteiger partial charge in [0.2, 0.25) is 0 Å². The molecule has 0 aliphatic heterocycles. The molecule has 9 heteroatoms. The molecule has 0 aliphatic rings. The van der Waals surface area contributed by atoms with E-state index >= 15 is 0 Å². The minimum absolute atomic E-state index is 0.269. The van der Waals surface area contributed by atoms with Gasteiger partial charge < -0.3 is 10.6 Å². The van der Waals surface area contributed by atoms with Crippen LogP contribution in [0.15, 0.2) is 48.5 Å². The first-order valence-corrected chi connectivity index (χ1v) is 7.45. The SMILES string of the molecule is O=C(NCC#Cc1ccccc1C(F)(F)F)Nc1ccccc1C(F)(F)F. The van der Waals surface area contributed by atoms with Crippen LogP contribution in [0.1, 0.15) is 16.7 Å². The molecule has 0 saturated carbocycles. The van der Waals surface area contributed by atoms with Gasteiger partial charge in [0, 0.05) is 5.56 Å². The monoisotopic (exact) mass is 386 g/mol. The Hall–Kier alpha value is -3.15. The van der Waals surface area contributed by atoms with E-state index in [1.165, 1.54) is 30.3 Å². The molecule has 0 atom stereocenters. The Balaban J connectivity index is 2.01. The van der Waals surface area contributed by atoms with Gasteiger partial charge in [-0.15, -0.1) is 0 Å². The maximum Gasteiger partial charge on any atom is 0.418 e. The molecule has 2 aromatic rings. The molecule has 2 amide bonds. The van der Waals surface area contributed by atoms with E-state index < -0.39 is 35.2 Å². The van der Waals surface area contributed by atoms with Gasteiger partial charge in [-0.3, -0.25) is 0 Å². The summed E-state index contributed by atoms with van der Waals surface area (Å²) < 4.78 is 77.0. The van der Waals surface area contributed by atoms with Crippen molar-refractivity contribution in [3.63, 3.8) is 0 Å². The Morgan fingerprint density at radius 1 is 0.852 bits per heavy atom. The van der Waals surface area contributed by atoms with Gasteiger partial charge in [0.25, 0.3) is 0 Å². The van der Waals surface area contributed by atoms with Gasteiger partial charge in [-0.2, -0.15) is 26.3 Å². The summed E-state index contributed by atoms with van der Waals surface area (Å²) >= 11 is 0. The van der Waals surface area contributed by atoms with Crippen LogP contribution >= 0.6 is 0 Å². The Kier molecular flexibility index (Phi) is 6.00. The van der Waals surface area contributed by atoms with Gasteiger partial charge in [0.1, 0.15) is 0 Å². The van der Waals surface area contributed by atoms with Crippen LogP contribution in [-0.4, -0.2) is 12.6 Å². The fourth-order valence-corrected chi connectivity index (χ4v) is 2.11. The number of halogens is 6. The number of para-hydroxylation sites is 1. The molecule has 142 valence electrons. The highest BCUT2D eigenvalue weighted by Gasteiger charge is 2.34. The van der Waals surface area contributed by atoms with Crippen LogP contribution < -0.4 is 10.6 Å². The second kappa shape index (κ2) is 8.03. The van der Waals surface area contributed by atoms with E-state index in [4.69, 9.17) is 0 Å². The standard InChI is InChI=1S/C18H12F6N2O/c19-17(20,21)13-8-2-1-6-12(13)7-5-11-25-16(27)26-15-10-4-3-9-14(15)18(22,23)24/h1-4,6,8-10H,11H2,(H2,25,26,27). The Morgan fingerprint density at radius 3 is 2.04 bits per heavy atom. The van der Waals surface area contributed by atoms with Crippen molar-refractivity contribution in [3.8, 4) is 11.8 Å². The predicted molar refractivity (Wildman–Crippen MR) is 86.8 cm³/mol. The van der Waals surface area contributed by atoms with E-state index in [1.54, 1.807) is 0 Å². The van der Waals surface area contributed by atoms with Crippen LogP contribution in [0.25, 0.3) is 0 Å². The number of benzene rings is 2. The smallest absolute Gasteiger partial charge is 0.327 e. The lowest BCUT2D eigenvalue weighted by Crippen LogP contribution is -2.29. The second-order valence-corrected chi connectivity index (χ2v) is 5.20. The molecule has 0 heterocycles. The van der Waals surface area contributed by atoms with Crippen molar-refractivity contribution >= 4 is 11.7 Å². The Labute approximate surface area is 150 Å². The van der Waals surface area contributed by atoms with Crippen molar-refractivity contribution in [2.45, 2.75) is 12.4 Å². The zero-order valence-corrected chi connectivity index (χ0v) is 13.5. The number of amides is 2. The number of carbonyl (C=O) groups is 1. The predicted octanol–water partition coefficient (Wildman–Crippen LogP) is 4.90. The van der Waals surface area contributed by atoms with Gasteiger partial charge in [0.05, 0.1) is 23.4 Å². The molecule has 0 bridgehead atoms. The summed E-state index contributed by atoms with van der Waals surface area (Å²) in [5, 5.41) is 4.20. The molecule has 0 aromatic heterocycles. The van der Waals surface area contributed by atoms with Crippen LogP contribution in [0, 0.1) is 11.8 Å².